The Labute approximate surface area is 165 Å². The van der Waals surface area contributed by atoms with Gasteiger partial charge in [-0.1, -0.05) is 18.2 Å². The summed E-state index contributed by atoms with van der Waals surface area (Å²) in [5.74, 6) is 0.0723. The van der Waals surface area contributed by atoms with Crippen molar-refractivity contribution < 1.29 is 22.7 Å². The van der Waals surface area contributed by atoms with Gasteiger partial charge in [0.25, 0.3) is 5.91 Å². The summed E-state index contributed by atoms with van der Waals surface area (Å²) in [6.45, 7) is 6.25. The second-order valence-corrected chi connectivity index (χ2v) is 7.73. The lowest BCUT2D eigenvalue weighted by Gasteiger charge is -2.14. The lowest BCUT2D eigenvalue weighted by Crippen LogP contribution is -2.24. The quantitative estimate of drug-likeness (QED) is 0.469. The Bertz CT molecular complexity index is 941. The number of carbonyl (C=O) groups is 1. The molecule has 0 radical (unpaired) electrons. The molecule has 0 bridgehead atoms. The average molecular weight is 404 g/mol. The molecule has 0 aliphatic rings. The lowest BCUT2D eigenvalue weighted by atomic mass is 10.2. The Morgan fingerprint density at radius 2 is 1.96 bits per heavy atom. The van der Waals surface area contributed by atoms with Gasteiger partial charge in [-0.15, -0.1) is 6.58 Å². The Hall–Kier alpha value is -2.68. The van der Waals surface area contributed by atoms with E-state index in [0.717, 1.165) is 5.56 Å². The summed E-state index contributed by atoms with van der Waals surface area (Å²) in [5, 5.41) is 2.77. The van der Waals surface area contributed by atoms with Crippen molar-refractivity contribution in [3.05, 3.63) is 66.2 Å². The minimum absolute atomic E-state index is 0.00229. The molecule has 2 aromatic rings. The van der Waals surface area contributed by atoms with Crippen LogP contribution in [0.5, 0.6) is 5.75 Å². The monoisotopic (exact) mass is 404 g/mol. The highest BCUT2D eigenvalue weighted by Gasteiger charge is 2.16. The van der Waals surface area contributed by atoms with E-state index in [1.807, 2.05) is 19.1 Å². The molecule has 0 heterocycles. The van der Waals surface area contributed by atoms with Crippen molar-refractivity contribution in [1.29, 1.82) is 0 Å². The summed E-state index contributed by atoms with van der Waals surface area (Å²) in [6.07, 6.45) is 1.44. The van der Waals surface area contributed by atoms with Gasteiger partial charge >= 0.3 is 0 Å². The van der Waals surface area contributed by atoms with Gasteiger partial charge in [0, 0.05) is 19.2 Å². The third-order valence-electron chi connectivity index (χ3n) is 3.75. The zero-order chi connectivity index (χ0) is 20.6. The molecule has 2 rings (SSSR count). The molecule has 0 aromatic heterocycles. The van der Waals surface area contributed by atoms with Crippen LogP contribution in [0.1, 0.15) is 15.9 Å². The van der Waals surface area contributed by atoms with Crippen LogP contribution in [-0.4, -0.2) is 41.2 Å². The van der Waals surface area contributed by atoms with Gasteiger partial charge in [-0.3, -0.25) is 4.79 Å². The van der Waals surface area contributed by atoms with Crippen LogP contribution in [0.15, 0.2) is 60.0 Å². The van der Waals surface area contributed by atoms with Gasteiger partial charge < -0.3 is 14.8 Å². The fourth-order valence-electron chi connectivity index (χ4n) is 2.34. The van der Waals surface area contributed by atoms with Gasteiger partial charge in [-0.05, 0) is 42.8 Å². The predicted octanol–water partition coefficient (Wildman–Crippen LogP) is 2.74. The molecule has 2 aromatic carbocycles. The molecule has 7 nitrogen and oxygen atoms in total. The van der Waals surface area contributed by atoms with Crippen molar-refractivity contribution in [2.75, 3.05) is 32.2 Å². The second-order valence-electron chi connectivity index (χ2n) is 5.96. The Balaban J connectivity index is 2.22. The number of nitrogens with one attached hydrogen (secondary N) is 2. The zero-order valence-electron chi connectivity index (χ0n) is 15.9. The molecule has 0 atom stereocenters. The number of benzene rings is 2. The van der Waals surface area contributed by atoms with Crippen LogP contribution in [0.3, 0.4) is 0 Å². The number of ether oxygens (including phenoxy) is 2. The Morgan fingerprint density at radius 1 is 1.18 bits per heavy atom. The molecule has 0 saturated carbocycles. The zero-order valence-corrected chi connectivity index (χ0v) is 16.7. The van der Waals surface area contributed by atoms with E-state index in [2.05, 4.69) is 16.6 Å². The first kappa shape index (κ1) is 21.6. The van der Waals surface area contributed by atoms with Crippen molar-refractivity contribution in [2.45, 2.75) is 11.8 Å². The van der Waals surface area contributed by atoms with Crippen molar-refractivity contribution >= 4 is 21.6 Å². The van der Waals surface area contributed by atoms with E-state index in [1.165, 1.54) is 24.3 Å². The summed E-state index contributed by atoms with van der Waals surface area (Å²) in [7, 11) is -2.14. The van der Waals surface area contributed by atoms with E-state index < -0.39 is 15.9 Å². The highest BCUT2D eigenvalue weighted by atomic mass is 32.2. The first-order chi connectivity index (χ1) is 13.4. The van der Waals surface area contributed by atoms with E-state index in [1.54, 1.807) is 19.2 Å². The highest BCUT2D eigenvalue weighted by Crippen LogP contribution is 2.26. The number of hydrogen-bond acceptors (Lipinski definition) is 5. The molecule has 0 aliphatic carbocycles. The first-order valence-electron chi connectivity index (χ1n) is 8.61. The first-order valence-corrected chi connectivity index (χ1v) is 10.1. The highest BCUT2D eigenvalue weighted by molar-refractivity contribution is 7.89. The molecule has 1 amide bonds. The molecule has 150 valence electrons. The molecule has 28 heavy (non-hydrogen) atoms. The summed E-state index contributed by atoms with van der Waals surface area (Å²) < 4.78 is 37.5. The van der Waals surface area contributed by atoms with Gasteiger partial charge in [0.05, 0.1) is 17.2 Å². The standard InChI is InChI=1S/C20H24N2O5S/c1-4-10-21-28(24,25)17-7-5-6-16(14-17)20(23)22-18-9-8-15(2)13-19(18)27-12-11-26-3/h4-9,13-14,21H,1,10-12H2,2-3H3,(H,22,23). The summed E-state index contributed by atoms with van der Waals surface area (Å²) >= 11 is 0. The maximum Gasteiger partial charge on any atom is 0.255 e. The summed E-state index contributed by atoms with van der Waals surface area (Å²) in [4.78, 5) is 12.7. The van der Waals surface area contributed by atoms with Crippen LogP contribution in [0.4, 0.5) is 5.69 Å². The second kappa shape index (κ2) is 10.0. The predicted molar refractivity (Wildman–Crippen MR) is 108 cm³/mol. The molecule has 8 heteroatoms. The van der Waals surface area contributed by atoms with Crippen molar-refractivity contribution in [3.8, 4) is 5.75 Å². The minimum atomic E-state index is -3.72. The van der Waals surface area contributed by atoms with Crippen LogP contribution < -0.4 is 14.8 Å². The van der Waals surface area contributed by atoms with Gasteiger partial charge in [-0.25, -0.2) is 13.1 Å². The lowest BCUT2D eigenvalue weighted by molar-refractivity contribution is 0.102. The number of amides is 1. The maximum absolute atomic E-state index is 12.7. The fraction of sp³-hybridized carbons (Fsp3) is 0.250. The van der Waals surface area contributed by atoms with Gasteiger partial charge in [0.2, 0.25) is 10.0 Å². The molecule has 2 N–H and O–H groups in total. The van der Waals surface area contributed by atoms with E-state index >= 15 is 0 Å². The molecule has 0 fully saturated rings. The third kappa shape index (κ3) is 5.91. The minimum Gasteiger partial charge on any atom is -0.489 e. The molecular weight excluding hydrogens is 380 g/mol. The van der Waals surface area contributed by atoms with Crippen LogP contribution in [0.25, 0.3) is 0 Å². The normalized spacial score (nSPS) is 11.1. The molecule has 0 spiro atoms. The van der Waals surface area contributed by atoms with Gasteiger partial charge in [0.15, 0.2) is 0 Å². The maximum atomic E-state index is 12.7. The Kier molecular flexibility index (Phi) is 7.74. The SMILES string of the molecule is C=CCNS(=O)(=O)c1cccc(C(=O)Nc2ccc(C)cc2OCCOC)c1. The number of methoxy groups -OCH3 is 1. The van der Waals surface area contributed by atoms with Crippen LogP contribution >= 0.6 is 0 Å². The number of hydrogen-bond donors (Lipinski definition) is 2. The van der Waals surface area contributed by atoms with Crippen LogP contribution in [0, 0.1) is 6.92 Å². The van der Waals surface area contributed by atoms with E-state index in [0.29, 0.717) is 24.7 Å². The average Bonchev–Trinajstić information content (AvgIpc) is 2.68. The van der Waals surface area contributed by atoms with Gasteiger partial charge in [0.1, 0.15) is 12.4 Å². The van der Waals surface area contributed by atoms with E-state index in [4.69, 9.17) is 9.47 Å². The number of carbonyl (C=O) groups excluding carboxylic acids is 1. The third-order valence-corrected chi connectivity index (χ3v) is 5.18. The molecule has 0 aliphatic heterocycles. The summed E-state index contributed by atoms with van der Waals surface area (Å²) in [6, 6.07) is 11.2. The molecular formula is C20H24N2O5S. The van der Waals surface area contributed by atoms with Crippen molar-refractivity contribution in [2.24, 2.45) is 0 Å². The van der Waals surface area contributed by atoms with Gasteiger partial charge in [-0.2, -0.15) is 0 Å². The number of aryl methyl sites for hydroxylation is 1. The fourth-order valence-corrected chi connectivity index (χ4v) is 3.38. The summed E-state index contributed by atoms with van der Waals surface area (Å²) in [5.41, 5.74) is 1.68. The van der Waals surface area contributed by atoms with Crippen LogP contribution in [0.2, 0.25) is 0 Å². The Morgan fingerprint density at radius 3 is 2.68 bits per heavy atom. The van der Waals surface area contributed by atoms with E-state index in [-0.39, 0.29) is 17.0 Å². The van der Waals surface area contributed by atoms with Crippen molar-refractivity contribution in [1.82, 2.24) is 4.72 Å². The largest absolute Gasteiger partial charge is 0.489 e. The van der Waals surface area contributed by atoms with Crippen molar-refractivity contribution in [3.63, 3.8) is 0 Å². The van der Waals surface area contributed by atoms with E-state index in [9.17, 15) is 13.2 Å². The number of rotatable bonds is 10. The smallest absolute Gasteiger partial charge is 0.255 e. The number of anilines is 1. The topological polar surface area (TPSA) is 93.7 Å². The number of sulfonamides is 1. The molecule has 0 saturated heterocycles. The molecule has 0 unspecified atom stereocenters. The van der Waals surface area contributed by atoms with Crippen LogP contribution in [-0.2, 0) is 14.8 Å².